The highest BCUT2D eigenvalue weighted by molar-refractivity contribution is 5.10. The molecule has 0 amide bonds. The number of unbranched alkanes of at least 4 members (excludes halogenated alkanes) is 5. The van der Waals surface area contributed by atoms with Gasteiger partial charge < -0.3 is 5.73 Å². The van der Waals surface area contributed by atoms with Gasteiger partial charge in [0.05, 0.1) is 5.69 Å². The first-order chi connectivity index (χ1) is 9.17. The monoisotopic (exact) mass is 265 g/mol. The highest BCUT2D eigenvalue weighted by Gasteiger charge is 2.09. The molecule has 1 heterocycles. The van der Waals surface area contributed by atoms with Gasteiger partial charge in [-0.05, 0) is 26.3 Å². The van der Waals surface area contributed by atoms with E-state index in [9.17, 15) is 0 Å². The van der Waals surface area contributed by atoms with Crippen LogP contribution in [-0.4, -0.2) is 15.8 Å². The Labute approximate surface area is 118 Å². The van der Waals surface area contributed by atoms with E-state index in [2.05, 4.69) is 36.6 Å². The van der Waals surface area contributed by atoms with Crippen LogP contribution in [0.1, 0.15) is 70.2 Å². The molecule has 110 valence electrons. The largest absolute Gasteiger partial charge is 0.327 e. The van der Waals surface area contributed by atoms with Gasteiger partial charge in [-0.15, -0.1) is 0 Å². The number of rotatable bonds is 10. The first-order valence-corrected chi connectivity index (χ1v) is 7.96. The van der Waals surface area contributed by atoms with Crippen molar-refractivity contribution in [2.24, 2.45) is 5.73 Å². The molecule has 0 spiro atoms. The molecule has 2 N–H and O–H groups in total. The Hall–Kier alpha value is -0.830. The Morgan fingerprint density at radius 1 is 1.16 bits per heavy atom. The highest BCUT2D eigenvalue weighted by atomic mass is 15.3. The van der Waals surface area contributed by atoms with Gasteiger partial charge in [0.2, 0.25) is 0 Å². The van der Waals surface area contributed by atoms with Gasteiger partial charge in [0.1, 0.15) is 0 Å². The van der Waals surface area contributed by atoms with Crippen molar-refractivity contribution < 1.29 is 0 Å². The Morgan fingerprint density at radius 3 is 2.53 bits per heavy atom. The zero-order valence-electron chi connectivity index (χ0n) is 13.0. The second-order valence-corrected chi connectivity index (χ2v) is 5.61. The molecule has 3 heteroatoms. The summed E-state index contributed by atoms with van der Waals surface area (Å²) in [4.78, 5) is 0. The Kier molecular flexibility index (Phi) is 7.80. The minimum atomic E-state index is 0.285. The van der Waals surface area contributed by atoms with E-state index in [1.165, 1.54) is 44.2 Å². The highest BCUT2D eigenvalue weighted by Crippen LogP contribution is 2.12. The number of aromatic nitrogens is 2. The van der Waals surface area contributed by atoms with Crippen molar-refractivity contribution in [2.45, 2.75) is 84.7 Å². The third kappa shape index (κ3) is 6.24. The van der Waals surface area contributed by atoms with Gasteiger partial charge >= 0.3 is 0 Å². The van der Waals surface area contributed by atoms with Crippen molar-refractivity contribution in [1.29, 1.82) is 0 Å². The summed E-state index contributed by atoms with van der Waals surface area (Å²) in [5.74, 6) is 0. The van der Waals surface area contributed by atoms with Crippen molar-refractivity contribution >= 4 is 0 Å². The molecule has 1 unspecified atom stereocenters. The standard InChI is InChI=1S/C16H31N3/c1-4-6-7-8-9-10-11-15(17)13-16-12-14(3)18-19(16)5-2/h12,15H,4-11,13,17H2,1-3H3. The lowest BCUT2D eigenvalue weighted by Crippen LogP contribution is -2.24. The van der Waals surface area contributed by atoms with Gasteiger partial charge in [-0.25, -0.2) is 0 Å². The second kappa shape index (κ2) is 9.13. The molecule has 3 nitrogen and oxygen atoms in total. The molecular formula is C16H31N3. The van der Waals surface area contributed by atoms with E-state index in [4.69, 9.17) is 5.73 Å². The molecular weight excluding hydrogens is 234 g/mol. The van der Waals surface area contributed by atoms with Crippen LogP contribution >= 0.6 is 0 Å². The molecule has 0 saturated carbocycles. The van der Waals surface area contributed by atoms with Gasteiger partial charge in [0.15, 0.2) is 0 Å². The third-order valence-electron chi connectivity index (χ3n) is 3.68. The Balaban J connectivity index is 2.21. The predicted octanol–water partition coefficient (Wildman–Crippen LogP) is 3.83. The Morgan fingerprint density at radius 2 is 1.84 bits per heavy atom. The summed E-state index contributed by atoms with van der Waals surface area (Å²) in [6.07, 6.45) is 10.1. The van der Waals surface area contributed by atoms with Crippen molar-refractivity contribution in [1.82, 2.24) is 9.78 Å². The SMILES string of the molecule is CCCCCCCCC(N)Cc1cc(C)nn1CC. The summed E-state index contributed by atoms with van der Waals surface area (Å²) in [5.41, 5.74) is 8.63. The van der Waals surface area contributed by atoms with Crippen LogP contribution in [0.25, 0.3) is 0 Å². The molecule has 19 heavy (non-hydrogen) atoms. The summed E-state index contributed by atoms with van der Waals surface area (Å²) in [6, 6.07) is 2.46. The van der Waals surface area contributed by atoms with Gasteiger partial charge in [0, 0.05) is 24.7 Å². The zero-order valence-corrected chi connectivity index (χ0v) is 13.0. The molecule has 1 atom stereocenters. The van der Waals surface area contributed by atoms with Crippen LogP contribution in [0.2, 0.25) is 0 Å². The van der Waals surface area contributed by atoms with E-state index < -0.39 is 0 Å². The lowest BCUT2D eigenvalue weighted by Gasteiger charge is -2.12. The molecule has 1 rings (SSSR count). The summed E-state index contributed by atoms with van der Waals surface area (Å²) in [7, 11) is 0. The first-order valence-electron chi connectivity index (χ1n) is 7.96. The van der Waals surface area contributed by atoms with Gasteiger partial charge in [-0.1, -0.05) is 45.4 Å². The van der Waals surface area contributed by atoms with E-state index in [-0.39, 0.29) is 6.04 Å². The lowest BCUT2D eigenvalue weighted by molar-refractivity contribution is 0.513. The van der Waals surface area contributed by atoms with Crippen LogP contribution < -0.4 is 5.73 Å². The minimum absolute atomic E-state index is 0.285. The fraction of sp³-hybridized carbons (Fsp3) is 0.812. The van der Waals surface area contributed by atoms with Crippen LogP contribution in [0.3, 0.4) is 0 Å². The van der Waals surface area contributed by atoms with Gasteiger partial charge in [0.25, 0.3) is 0 Å². The van der Waals surface area contributed by atoms with Crippen LogP contribution in [0.15, 0.2) is 6.07 Å². The maximum absolute atomic E-state index is 6.24. The summed E-state index contributed by atoms with van der Waals surface area (Å²) < 4.78 is 2.08. The molecule has 0 aliphatic carbocycles. The molecule has 0 aromatic carbocycles. The molecule has 1 aromatic rings. The van der Waals surface area contributed by atoms with E-state index >= 15 is 0 Å². The average Bonchev–Trinajstić information content (AvgIpc) is 2.73. The van der Waals surface area contributed by atoms with Crippen LogP contribution in [-0.2, 0) is 13.0 Å². The number of nitrogens with zero attached hydrogens (tertiary/aromatic N) is 2. The number of nitrogens with two attached hydrogens (primary N) is 1. The maximum atomic E-state index is 6.24. The summed E-state index contributed by atoms with van der Waals surface area (Å²) in [5, 5.41) is 4.47. The lowest BCUT2D eigenvalue weighted by atomic mass is 10.0. The average molecular weight is 265 g/mol. The topological polar surface area (TPSA) is 43.8 Å². The van der Waals surface area contributed by atoms with Crippen LogP contribution in [0, 0.1) is 6.92 Å². The fourth-order valence-corrected chi connectivity index (χ4v) is 2.59. The van der Waals surface area contributed by atoms with Gasteiger partial charge in [-0.3, -0.25) is 4.68 Å². The molecule has 0 aliphatic rings. The number of hydrogen-bond acceptors (Lipinski definition) is 2. The van der Waals surface area contributed by atoms with E-state index in [0.29, 0.717) is 0 Å². The molecule has 0 bridgehead atoms. The molecule has 0 saturated heterocycles. The van der Waals surface area contributed by atoms with E-state index in [1.54, 1.807) is 0 Å². The molecule has 0 aliphatic heterocycles. The smallest absolute Gasteiger partial charge is 0.0596 e. The van der Waals surface area contributed by atoms with E-state index in [1.807, 2.05) is 0 Å². The minimum Gasteiger partial charge on any atom is -0.327 e. The molecule has 1 aromatic heterocycles. The van der Waals surface area contributed by atoms with Crippen molar-refractivity contribution in [3.63, 3.8) is 0 Å². The van der Waals surface area contributed by atoms with Crippen molar-refractivity contribution in [2.75, 3.05) is 0 Å². The summed E-state index contributed by atoms with van der Waals surface area (Å²) in [6.45, 7) is 7.38. The number of hydrogen-bond donors (Lipinski definition) is 1. The third-order valence-corrected chi connectivity index (χ3v) is 3.68. The predicted molar refractivity (Wildman–Crippen MR) is 82.3 cm³/mol. The maximum Gasteiger partial charge on any atom is 0.0596 e. The summed E-state index contributed by atoms with van der Waals surface area (Å²) >= 11 is 0. The van der Waals surface area contributed by atoms with Crippen molar-refractivity contribution in [3.05, 3.63) is 17.5 Å². The quantitative estimate of drug-likeness (QED) is 0.653. The normalized spacial score (nSPS) is 12.8. The zero-order chi connectivity index (χ0) is 14.1. The van der Waals surface area contributed by atoms with E-state index in [0.717, 1.165) is 25.1 Å². The number of aryl methyl sites for hydroxylation is 2. The molecule has 0 fully saturated rings. The van der Waals surface area contributed by atoms with Crippen LogP contribution in [0.5, 0.6) is 0 Å². The van der Waals surface area contributed by atoms with Crippen molar-refractivity contribution in [3.8, 4) is 0 Å². The Bertz CT molecular complexity index is 344. The fourth-order valence-electron chi connectivity index (χ4n) is 2.59. The molecule has 0 radical (unpaired) electrons. The van der Waals surface area contributed by atoms with Crippen LogP contribution in [0.4, 0.5) is 0 Å². The van der Waals surface area contributed by atoms with Gasteiger partial charge in [-0.2, -0.15) is 5.10 Å². The second-order valence-electron chi connectivity index (χ2n) is 5.61. The first kappa shape index (κ1) is 16.2.